The van der Waals surface area contributed by atoms with E-state index in [-0.39, 0.29) is 0 Å². The summed E-state index contributed by atoms with van der Waals surface area (Å²) in [4.78, 5) is 8.89. The molecule has 0 atom stereocenters. The van der Waals surface area contributed by atoms with Crippen LogP contribution < -0.4 is 0 Å². The van der Waals surface area contributed by atoms with E-state index < -0.39 is 5.79 Å². The molecule has 0 saturated heterocycles. The molecular formula is C10H16N2O4. The van der Waals surface area contributed by atoms with E-state index in [1.54, 1.807) is 0 Å². The molecule has 0 amide bonds. The molecule has 0 aliphatic rings. The number of aliphatic hydroxyl groups is 1. The normalized spacial score (nSPS) is 13.5. The zero-order valence-corrected chi connectivity index (χ0v) is 9.53. The predicted molar refractivity (Wildman–Crippen MR) is 61.2 cm³/mol. The van der Waals surface area contributed by atoms with Crippen LogP contribution in [0.2, 0.25) is 0 Å². The average Bonchev–Trinajstić information content (AvgIpc) is 2.31. The van der Waals surface area contributed by atoms with Gasteiger partial charge in [-0.3, -0.25) is 0 Å². The summed E-state index contributed by atoms with van der Waals surface area (Å²) < 4.78 is 4.88. The Labute approximate surface area is 94.5 Å². The van der Waals surface area contributed by atoms with Crippen molar-refractivity contribution in [2.75, 3.05) is 21.3 Å². The minimum atomic E-state index is -1.51. The van der Waals surface area contributed by atoms with Crippen LogP contribution in [0, 0.1) is 0 Å². The minimum Gasteiger partial charge on any atom is -0.399 e. The highest BCUT2D eigenvalue weighted by Crippen LogP contribution is 2.08. The van der Waals surface area contributed by atoms with Gasteiger partial charge in [-0.1, -0.05) is 10.3 Å². The Kier molecular flexibility index (Phi) is 7.74. The predicted octanol–water partition coefficient (Wildman–Crippen LogP) is 0.698. The Balaban J connectivity index is 4.41. The lowest BCUT2D eigenvalue weighted by atomic mass is 10.2. The Bertz CT molecular complexity index is 261. The van der Waals surface area contributed by atoms with E-state index in [1.165, 1.54) is 58.1 Å². The van der Waals surface area contributed by atoms with Crippen LogP contribution in [-0.4, -0.2) is 44.7 Å². The van der Waals surface area contributed by atoms with Crippen LogP contribution in [0.3, 0.4) is 0 Å². The molecule has 0 heterocycles. The fraction of sp³-hybridized carbons (Fsp3) is 0.400. The average molecular weight is 228 g/mol. The van der Waals surface area contributed by atoms with Crippen molar-refractivity contribution in [2.24, 2.45) is 10.3 Å². The summed E-state index contributed by atoms with van der Waals surface area (Å²) in [6.45, 7) is 0. The Hall–Kier alpha value is -1.66. The summed E-state index contributed by atoms with van der Waals surface area (Å²) in [5, 5.41) is 16.8. The van der Waals surface area contributed by atoms with Crippen LogP contribution in [0.25, 0.3) is 0 Å². The largest absolute Gasteiger partial charge is 0.399 e. The quantitative estimate of drug-likeness (QED) is 0.395. The molecule has 0 spiro atoms. The van der Waals surface area contributed by atoms with Gasteiger partial charge in [-0.15, -0.1) is 0 Å². The van der Waals surface area contributed by atoms with E-state index in [9.17, 15) is 5.11 Å². The van der Waals surface area contributed by atoms with E-state index in [0.717, 1.165) is 0 Å². The van der Waals surface area contributed by atoms with E-state index in [2.05, 4.69) is 20.0 Å². The van der Waals surface area contributed by atoms with Gasteiger partial charge in [0.2, 0.25) is 5.79 Å². The zero-order valence-electron chi connectivity index (χ0n) is 9.53. The number of rotatable bonds is 7. The number of nitrogens with zero attached hydrogens (tertiary/aromatic N) is 2. The molecular weight excluding hydrogens is 212 g/mol. The second-order valence-corrected chi connectivity index (χ2v) is 2.55. The highest BCUT2D eigenvalue weighted by atomic mass is 16.6. The Morgan fingerprint density at radius 1 is 0.938 bits per heavy atom. The van der Waals surface area contributed by atoms with Crippen LogP contribution in [0.1, 0.15) is 0 Å². The molecule has 0 bridgehead atoms. The Morgan fingerprint density at radius 2 is 1.38 bits per heavy atom. The lowest BCUT2D eigenvalue weighted by molar-refractivity contribution is -0.106. The van der Waals surface area contributed by atoms with E-state index in [4.69, 9.17) is 4.74 Å². The number of hydrogen-bond acceptors (Lipinski definition) is 6. The van der Waals surface area contributed by atoms with Crippen molar-refractivity contribution in [1.82, 2.24) is 0 Å². The second kappa shape index (κ2) is 8.63. The first kappa shape index (κ1) is 14.3. The maximum atomic E-state index is 9.82. The first-order valence-corrected chi connectivity index (χ1v) is 4.44. The fourth-order valence-corrected chi connectivity index (χ4v) is 0.745. The molecule has 0 fully saturated rings. The summed E-state index contributed by atoms with van der Waals surface area (Å²) in [7, 11) is 4.22. The lowest BCUT2D eigenvalue weighted by Gasteiger charge is -2.17. The molecule has 0 aliphatic heterocycles. The number of methoxy groups -OCH3 is 1. The lowest BCUT2D eigenvalue weighted by Crippen LogP contribution is -2.25. The van der Waals surface area contributed by atoms with Crippen molar-refractivity contribution in [2.45, 2.75) is 5.79 Å². The molecule has 0 aromatic rings. The van der Waals surface area contributed by atoms with Gasteiger partial charge < -0.3 is 19.5 Å². The third-order valence-electron chi connectivity index (χ3n) is 1.50. The summed E-state index contributed by atoms with van der Waals surface area (Å²) in [6.07, 6.45) is 8.52. The molecule has 0 aromatic carbocycles. The van der Waals surface area contributed by atoms with Gasteiger partial charge in [0, 0.05) is 7.11 Å². The third-order valence-corrected chi connectivity index (χ3v) is 1.50. The van der Waals surface area contributed by atoms with Crippen molar-refractivity contribution in [3.63, 3.8) is 0 Å². The first-order valence-electron chi connectivity index (χ1n) is 4.44. The van der Waals surface area contributed by atoms with Gasteiger partial charge in [-0.05, 0) is 24.3 Å². The van der Waals surface area contributed by atoms with Gasteiger partial charge in [0.1, 0.15) is 14.2 Å². The smallest absolute Gasteiger partial charge is 0.205 e. The monoisotopic (exact) mass is 228 g/mol. The molecule has 90 valence electrons. The maximum absolute atomic E-state index is 9.82. The molecule has 0 saturated carbocycles. The second-order valence-electron chi connectivity index (χ2n) is 2.55. The number of hydrogen-bond donors (Lipinski definition) is 1. The van der Waals surface area contributed by atoms with Gasteiger partial charge in [0.25, 0.3) is 0 Å². The highest BCUT2D eigenvalue weighted by molar-refractivity contribution is 5.72. The molecule has 0 radical (unpaired) electrons. The zero-order chi connectivity index (χ0) is 12.3. The van der Waals surface area contributed by atoms with Gasteiger partial charge >= 0.3 is 0 Å². The van der Waals surface area contributed by atoms with Crippen LogP contribution in [-0.2, 0) is 14.4 Å². The summed E-state index contributed by atoms with van der Waals surface area (Å²) in [5.41, 5.74) is 0. The number of ether oxygens (including phenoxy) is 1. The Morgan fingerprint density at radius 3 is 1.69 bits per heavy atom. The van der Waals surface area contributed by atoms with Gasteiger partial charge in [0.05, 0.1) is 12.4 Å². The van der Waals surface area contributed by atoms with E-state index in [1.807, 2.05) is 0 Å². The van der Waals surface area contributed by atoms with Crippen LogP contribution in [0.5, 0.6) is 0 Å². The molecule has 16 heavy (non-hydrogen) atoms. The molecule has 0 unspecified atom stereocenters. The van der Waals surface area contributed by atoms with Crippen molar-refractivity contribution >= 4 is 12.4 Å². The van der Waals surface area contributed by atoms with Gasteiger partial charge in [-0.25, -0.2) is 0 Å². The van der Waals surface area contributed by atoms with Crippen LogP contribution in [0.15, 0.2) is 34.6 Å². The van der Waals surface area contributed by atoms with E-state index >= 15 is 0 Å². The number of allylic oxidation sites excluding steroid dienone is 2. The number of oxime groups is 2. The van der Waals surface area contributed by atoms with Crippen LogP contribution >= 0.6 is 0 Å². The van der Waals surface area contributed by atoms with E-state index in [0.29, 0.717) is 0 Å². The van der Waals surface area contributed by atoms with Crippen molar-refractivity contribution in [3.8, 4) is 0 Å². The topological polar surface area (TPSA) is 72.6 Å². The minimum absolute atomic E-state index is 1.37. The van der Waals surface area contributed by atoms with Crippen molar-refractivity contribution < 1.29 is 19.5 Å². The summed E-state index contributed by atoms with van der Waals surface area (Å²) in [5.74, 6) is -1.51. The molecule has 6 nitrogen and oxygen atoms in total. The molecule has 0 aliphatic carbocycles. The van der Waals surface area contributed by atoms with Gasteiger partial charge in [0.15, 0.2) is 0 Å². The highest BCUT2D eigenvalue weighted by Gasteiger charge is 2.16. The molecule has 0 aromatic heterocycles. The van der Waals surface area contributed by atoms with Gasteiger partial charge in [-0.2, -0.15) is 0 Å². The van der Waals surface area contributed by atoms with Crippen molar-refractivity contribution in [3.05, 3.63) is 24.3 Å². The first-order chi connectivity index (χ1) is 7.68. The standard InChI is InChI=1S/C10H16N2O4/c1-14-10(13,6-4-8-11-15-2)7-5-9-12-16-3/h4-9,13H,1-3H3/b6-4+,7-5+,11-8+,12-9+. The molecule has 6 heteroatoms. The molecule has 1 N–H and O–H groups in total. The summed E-state index contributed by atoms with van der Waals surface area (Å²) >= 11 is 0. The van der Waals surface area contributed by atoms with Crippen molar-refractivity contribution in [1.29, 1.82) is 0 Å². The fourth-order valence-electron chi connectivity index (χ4n) is 0.745. The summed E-state index contributed by atoms with van der Waals surface area (Å²) in [6, 6.07) is 0. The SMILES string of the molecule is CO/N=C/C=C/C(O)(/C=C/C=N/OC)OC. The molecule has 0 rings (SSSR count). The van der Waals surface area contributed by atoms with Crippen LogP contribution in [0.4, 0.5) is 0 Å². The third kappa shape index (κ3) is 6.74. The maximum Gasteiger partial charge on any atom is 0.205 e.